The Labute approximate surface area is 227 Å². The first-order chi connectivity index (χ1) is 18.6. The maximum atomic E-state index is 15.7. The minimum atomic E-state index is -3.90. The fourth-order valence-corrected chi connectivity index (χ4v) is 5.65. The molecule has 1 aromatic heterocycles. The maximum absolute atomic E-state index is 15.7. The Morgan fingerprint density at radius 1 is 1.18 bits per heavy atom. The van der Waals surface area contributed by atoms with Gasteiger partial charge in [0.25, 0.3) is 5.91 Å². The Hall–Kier alpha value is -2.90. The Morgan fingerprint density at radius 3 is 2.38 bits per heavy atom. The summed E-state index contributed by atoms with van der Waals surface area (Å²) in [6.45, 7) is 5.04. The summed E-state index contributed by atoms with van der Waals surface area (Å²) in [6.07, 6.45) is -3.05. The Bertz CT molecular complexity index is 1310. The highest BCUT2D eigenvalue weighted by molar-refractivity contribution is 5.83. The molecule has 4 fully saturated rings. The van der Waals surface area contributed by atoms with Gasteiger partial charge in [-0.1, -0.05) is 12.1 Å². The van der Waals surface area contributed by atoms with E-state index in [1.54, 1.807) is 0 Å². The van der Waals surface area contributed by atoms with Crippen LogP contribution in [0.2, 0.25) is 0 Å². The van der Waals surface area contributed by atoms with Gasteiger partial charge in [-0.15, -0.1) is 0 Å². The van der Waals surface area contributed by atoms with Gasteiger partial charge in [0, 0.05) is 30.4 Å². The van der Waals surface area contributed by atoms with E-state index in [9.17, 15) is 23.1 Å². The summed E-state index contributed by atoms with van der Waals surface area (Å²) in [5.74, 6) is -6.10. The average Bonchev–Trinajstić information content (AvgIpc) is 3.35. The summed E-state index contributed by atoms with van der Waals surface area (Å²) in [5, 5.41) is 15.4. The predicted molar refractivity (Wildman–Crippen MR) is 132 cm³/mol. The zero-order valence-corrected chi connectivity index (χ0v) is 22.5. The number of aryl methyl sites for hydroxylation is 1. The van der Waals surface area contributed by atoms with Crippen LogP contribution in [0.3, 0.4) is 0 Å². The first kappa shape index (κ1) is 28.6. The highest BCUT2D eigenvalue weighted by Gasteiger charge is 2.70. The number of benzene rings is 1. The number of aliphatic hydroxyl groups is 1. The van der Waals surface area contributed by atoms with E-state index in [0.717, 1.165) is 19.9 Å². The van der Waals surface area contributed by atoms with Crippen LogP contribution in [0.4, 0.5) is 27.8 Å². The van der Waals surface area contributed by atoms with E-state index in [-0.39, 0.29) is 60.9 Å². The Balaban J connectivity index is 1.47. The summed E-state index contributed by atoms with van der Waals surface area (Å²) in [6, 6.07) is 2.43. The molecular weight excluding hydrogens is 539 g/mol. The number of aromatic nitrogens is 2. The molecule has 1 unspecified atom stereocenters. The number of halogens is 5. The van der Waals surface area contributed by atoms with Crippen molar-refractivity contribution in [2.24, 2.45) is 0 Å². The standard InChI is InChI=1S/C27H31F5N4O4/c1-13(15-6-5-7-16(18(15)28)27(31,32)24(3,4)38)33-21-17(23-39-8-9-40-23)20(34-14(2)35-21)19(29)22(37)36-26-10-25(30,11-26)12-26/h5-7,13,19,23,38H,8-12H2,1-4H3,(H,36,37)(H,33,34,35)/t13-,19?,25?,26?/m1/s1. The van der Waals surface area contributed by atoms with Gasteiger partial charge in [0.15, 0.2) is 6.29 Å². The molecule has 8 nitrogen and oxygen atoms in total. The van der Waals surface area contributed by atoms with Crippen LogP contribution in [0.25, 0.3) is 0 Å². The van der Waals surface area contributed by atoms with E-state index >= 15 is 8.78 Å². The molecule has 1 aliphatic heterocycles. The molecule has 2 heterocycles. The molecule has 3 aliphatic carbocycles. The molecule has 2 bridgehead atoms. The van der Waals surface area contributed by atoms with Crippen LogP contribution in [-0.4, -0.2) is 51.0 Å². The van der Waals surface area contributed by atoms with Crippen LogP contribution >= 0.6 is 0 Å². The molecule has 2 aromatic rings. The van der Waals surface area contributed by atoms with Crippen molar-refractivity contribution in [1.82, 2.24) is 15.3 Å². The fraction of sp³-hybridized carbons (Fsp3) is 0.593. The zero-order valence-electron chi connectivity index (χ0n) is 22.5. The third kappa shape index (κ3) is 4.81. The number of hydrogen-bond donors (Lipinski definition) is 3. The number of amides is 1. The van der Waals surface area contributed by atoms with Gasteiger partial charge >= 0.3 is 5.92 Å². The van der Waals surface area contributed by atoms with Crippen LogP contribution in [0.15, 0.2) is 18.2 Å². The number of nitrogens with one attached hydrogen (secondary N) is 2. The monoisotopic (exact) mass is 570 g/mol. The molecule has 3 N–H and O–H groups in total. The van der Waals surface area contributed by atoms with Crippen molar-refractivity contribution in [3.05, 3.63) is 52.2 Å². The second-order valence-corrected chi connectivity index (χ2v) is 11.5. The van der Waals surface area contributed by atoms with Crippen LogP contribution < -0.4 is 10.6 Å². The van der Waals surface area contributed by atoms with Crippen LogP contribution in [0, 0.1) is 12.7 Å². The largest absolute Gasteiger partial charge is 0.384 e. The molecule has 1 aromatic carbocycles. The lowest BCUT2D eigenvalue weighted by molar-refractivity contribution is -0.177. The number of rotatable bonds is 9. The minimum absolute atomic E-state index is 0.0319. The molecule has 0 spiro atoms. The topological polar surface area (TPSA) is 106 Å². The molecule has 2 atom stereocenters. The van der Waals surface area contributed by atoms with Gasteiger partial charge in [-0.25, -0.2) is 23.1 Å². The second kappa shape index (κ2) is 9.59. The SMILES string of the molecule is Cc1nc(N[C@H](C)c2cccc(C(F)(F)C(C)(C)O)c2F)c(C2OCCO2)c(C(F)C(=O)NC23CC(F)(C2)C3)n1. The lowest BCUT2D eigenvalue weighted by Gasteiger charge is -2.65. The van der Waals surface area contributed by atoms with Gasteiger partial charge in [-0.2, -0.15) is 8.78 Å². The van der Waals surface area contributed by atoms with Crippen molar-refractivity contribution >= 4 is 11.7 Å². The van der Waals surface area contributed by atoms with E-state index in [4.69, 9.17) is 9.47 Å². The van der Waals surface area contributed by atoms with E-state index in [1.165, 1.54) is 26.0 Å². The number of carbonyl (C=O) groups is 1. The van der Waals surface area contributed by atoms with Gasteiger partial charge in [-0.3, -0.25) is 4.79 Å². The van der Waals surface area contributed by atoms with Gasteiger partial charge < -0.3 is 25.2 Å². The highest BCUT2D eigenvalue weighted by atomic mass is 19.3. The van der Waals surface area contributed by atoms with E-state index in [1.807, 2.05) is 0 Å². The number of anilines is 1. The third-order valence-electron chi connectivity index (χ3n) is 7.72. The van der Waals surface area contributed by atoms with Crippen LogP contribution in [-0.2, 0) is 20.2 Å². The maximum Gasteiger partial charge on any atom is 0.303 e. The fourth-order valence-electron chi connectivity index (χ4n) is 5.65. The van der Waals surface area contributed by atoms with Crippen molar-refractivity contribution < 1.29 is 41.3 Å². The molecule has 218 valence electrons. The summed E-state index contributed by atoms with van der Waals surface area (Å²) >= 11 is 0. The van der Waals surface area contributed by atoms with E-state index in [0.29, 0.717) is 0 Å². The molecule has 6 rings (SSSR count). The zero-order chi connectivity index (χ0) is 29.3. The molecule has 1 amide bonds. The number of alkyl halides is 4. The van der Waals surface area contributed by atoms with Crippen molar-refractivity contribution in [1.29, 1.82) is 0 Å². The second-order valence-electron chi connectivity index (χ2n) is 11.5. The first-order valence-electron chi connectivity index (χ1n) is 13.0. The molecule has 0 radical (unpaired) electrons. The Morgan fingerprint density at radius 2 is 1.80 bits per heavy atom. The molecule has 4 aliphatic rings. The smallest absolute Gasteiger partial charge is 0.303 e. The van der Waals surface area contributed by atoms with Crippen molar-refractivity contribution in [2.45, 2.75) is 88.2 Å². The normalized spacial score (nSPS) is 26.1. The predicted octanol–water partition coefficient (Wildman–Crippen LogP) is 4.78. The third-order valence-corrected chi connectivity index (χ3v) is 7.72. The van der Waals surface area contributed by atoms with Gasteiger partial charge in [0.1, 0.15) is 28.7 Å². The molecule has 13 heteroatoms. The van der Waals surface area contributed by atoms with E-state index in [2.05, 4.69) is 20.6 Å². The molecule has 40 heavy (non-hydrogen) atoms. The number of hydrogen-bond acceptors (Lipinski definition) is 7. The van der Waals surface area contributed by atoms with Crippen molar-refractivity contribution in [2.75, 3.05) is 18.5 Å². The summed E-state index contributed by atoms with van der Waals surface area (Å²) in [4.78, 5) is 21.3. The quantitative estimate of drug-likeness (QED) is 0.373. The van der Waals surface area contributed by atoms with Crippen molar-refractivity contribution in [3.8, 4) is 0 Å². The molecular formula is C27H31F5N4O4. The van der Waals surface area contributed by atoms with Gasteiger partial charge in [0.05, 0.1) is 36.1 Å². The van der Waals surface area contributed by atoms with Gasteiger partial charge in [-0.05, 0) is 33.8 Å². The molecule has 3 saturated carbocycles. The lowest BCUT2D eigenvalue weighted by atomic mass is 9.47. The Kier molecular flexibility index (Phi) is 6.86. The van der Waals surface area contributed by atoms with Crippen LogP contribution in [0.5, 0.6) is 0 Å². The lowest BCUT2D eigenvalue weighted by Crippen LogP contribution is -2.77. The summed E-state index contributed by atoms with van der Waals surface area (Å²) < 4.78 is 85.9. The van der Waals surface area contributed by atoms with Crippen LogP contribution in [0.1, 0.15) is 86.7 Å². The van der Waals surface area contributed by atoms with E-state index < -0.39 is 58.5 Å². The van der Waals surface area contributed by atoms with Gasteiger partial charge in [0.2, 0.25) is 6.17 Å². The highest BCUT2D eigenvalue weighted by Crippen LogP contribution is 2.63. The number of nitrogens with zero attached hydrogens (tertiary/aromatic N) is 2. The summed E-state index contributed by atoms with van der Waals surface area (Å²) in [5.41, 5.74) is -6.12. The molecule has 1 saturated heterocycles. The number of ether oxygens (including phenoxy) is 2. The number of carbonyl (C=O) groups excluding carboxylic acids is 1. The van der Waals surface area contributed by atoms with Crippen molar-refractivity contribution in [3.63, 3.8) is 0 Å². The summed E-state index contributed by atoms with van der Waals surface area (Å²) in [7, 11) is 0. The first-order valence-corrected chi connectivity index (χ1v) is 13.0. The minimum Gasteiger partial charge on any atom is -0.384 e. The average molecular weight is 571 g/mol.